The van der Waals surface area contributed by atoms with Crippen LogP contribution in [0.4, 0.5) is 0 Å². The van der Waals surface area contributed by atoms with Crippen LogP contribution in [-0.4, -0.2) is 68.5 Å². The molecule has 0 unspecified atom stereocenters. The lowest BCUT2D eigenvalue weighted by molar-refractivity contribution is 0.0697. The number of aryl methyl sites for hydroxylation is 1. The minimum absolute atomic E-state index is 0.0500. The van der Waals surface area contributed by atoms with Gasteiger partial charge < -0.3 is 18.9 Å². The molecule has 1 aromatic heterocycles. The number of benzene rings is 1. The molecule has 0 saturated carbocycles. The van der Waals surface area contributed by atoms with Crippen molar-refractivity contribution in [2.75, 3.05) is 40.4 Å². The van der Waals surface area contributed by atoms with Crippen molar-refractivity contribution in [2.24, 2.45) is 0 Å². The number of sulfonamides is 1. The zero-order chi connectivity index (χ0) is 22.1. The van der Waals surface area contributed by atoms with Crippen molar-refractivity contribution in [1.82, 2.24) is 13.8 Å². The van der Waals surface area contributed by atoms with Gasteiger partial charge in [-0.15, -0.1) is 0 Å². The highest BCUT2D eigenvalue weighted by molar-refractivity contribution is 7.89. The predicted molar refractivity (Wildman–Crippen MR) is 114 cm³/mol. The summed E-state index contributed by atoms with van der Waals surface area (Å²) in [6, 6.07) is 6.46. The first-order valence-electron chi connectivity index (χ1n) is 9.92. The summed E-state index contributed by atoms with van der Waals surface area (Å²) in [4.78, 5) is 14.9. The van der Waals surface area contributed by atoms with Gasteiger partial charge in [0.05, 0.1) is 24.7 Å². The normalized spacial score (nSPS) is 15.3. The third-order valence-electron chi connectivity index (χ3n) is 5.64. The summed E-state index contributed by atoms with van der Waals surface area (Å²) in [5.41, 5.74) is 2.68. The number of piperazine rings is 1. The summed E-state index contributed by atoms with van der Waals surface area (Å²) in [7, 11) is -0.726. The van der Waals surface area contributed by atoms with Crippen LogP contribution in [0.1, 0.15) is 28.7 Å². The average Bonchev–Trinajstić information content (AvgIpc) is 3.05. The molecule has 30 heavy (non-hydrogen) atoms. The van der Waals surface area contributed by atoms with Crippen LogP contribution in [0, 0.1) is 13.8 Å². The van der Waals surface area contributed by atoms with E-state index in [4.69, 9.17) is 9.47 Å². The monoisotopic (exact) mass is 435 g/mol. The van der Waals surface area contributed by atoms with Gasteiger partial charge >= 0.3 is 0 Å². The molecule has 0 bridgehead atoms. The van der Waals surface area contributed by atoms with Crippen molar-refractivity contribution in [2.45, 2.75) is 32.2 Å². The van der Waals surface area contributed by atoms with Crippen LogP contribution < -0.4 is 9.47 Å². The smallest absolute Gasteiger partial charge is 0.255 e. The topological polar surface area (TPSA) is 81.1 Å². The molecular weight excluding hydrogens is 406 g/mol. The van der Waals surface area contributed by atoms with Crippen LogP contribution in [0.25, 0.3) is 0 Å². The zero-order valence-electron chi connectivity index (χ0n) is 18.1. The molecule has 8 nitrogen and oxygen atoms in total. The average molecular weight is 436 g/mol. The number of amides is 1. The van der Waals surface area contributed by atoms with Gasteiger partial charge in [0, 0.05) is 50.2 Å². The van der Waals surface area contributed by atoms with E-state index in [1.54, 1.807) is 11.0 Å². The first-order valence-corrected chi connectivity index (χ1v) is 11.4. The maximum Gasteiger partial charge on any atom is 0.255 e. The molecule has 1 amide bonds. The SMILES string of the molecule is CCn1c(C)cc(C(=O)N2CCN(S(=O)(=O)c3ccc(OC)c(OC)c3)CC2)c1C. The van der Waals surface area contributed by atoms with Crippen LogP contribution >= 0.6 is 0 Å². The van der Waals surface area contributed by atoms with Gasteiger partial charge in [0.25, 0.3) is 5.91 Å². The van der Waals surface area contributed by atoms with Crippen LogP contribution in [0.15, 0.2) is 29.2 Å². The van der Waals surface area contributed by atoms with Gasteiger partial charge in [0.1, 0.15) is 0 Å². The standard InChI is InChI=1S/C21H29N3O5S/c1-6-24-15(2)13-18(16(24)3)21(25)22-9-11-23(12-10-22)30(26,27)17-7-8-19(28-4)20(14-17)29-5/h7-8,13-14H,6,9-12H2,1-5H3. The molecule has 3 rings (SSSR count). The Morgan fingerprint density at radius 2 is 1.63 bits per heavy atom. The number of hydrogen-bond acceptors (Lipinski definition) is 5. The molecule has 1 aromatic carbocycles. The number of nitrogens with zero attached hydrogens (tertiary/aromatic N) is 3. The Morgan fingerprint density at radius 1 is 1.00 bits per heavy atom. The van der Waals surface area contributed by atoms with Gasteiger partial charge in [-0.05, 0) is 39.0 Å². The summed E-state index contributed by atoms with van der Waals surface area (Å²) in [5, 5.41) is 0. The maximum absolute atomic E-state index is 13.1. The number of methoxy groups -OCH3 is 2. The van der Waals surface area contributed by atoms with Crippen LogP contribution in [0.2, 0.25) is 0 Å². The fourth-order valence-electron chi connectivity index (χ4n) is 3.93. The highest BCUT2D eigenvalue weighted by Crippen LogP contribution is 2.31. The molecule has 1 aliphatic heterocycles. The summed E-state index contributed by atoms with van der Waals surface area (Å²) in [6.45, 7) is 7.98. The Hall–Kier alpha value is -2.52. The van der Waals surface area contributed by atoms with Crippen molar-refractivity contribution >= 4 is 15.9 Å². The molecule has 164 valence electrons. The van der Waals surface area contributed by atoms with Crippen molar-refractivity contribution in [1.29, 1.82) is 0 Å². The Bertz CT molecular complexity index is 1040. The Labute approximate surface area is 178 Å². The van der Waals surface area contributed by atoms with Gasteiger partial charge in [-0.3, -0.25) is 4.79 Å². The number of carbonyl (C=O) groups is 1. The molecule has 1 aliphatic rings. The van der Waals surface area contributed by atoms with E-state index in [1.807, 2.05) is 26.8 Å². The summed E-state index contributed by atoms with van der Waals surface area (Å²) in [6.07, 6.45) is 0. The van der Waals surface area contributed by atoms with Gasteiger partial charge in [0.2, 0.25) is 10.0 Å². The lowest BCUT2D eigenvalue weighted by atomic mass is 10.2. The third kappa shape index (κ3) is 3.91. The number of hydrogen-bond donors (Lipinski definition) is 0. The Morgan fingerprint density at radius 3 is 2.17 bits per heavy atom. The van der Waals surface area contributed by atoms with E-state index in [0.29, 0.717) is 30.2 Å². The predicted octanol–water partition coefficient (Wildman–Crippen LogP) is 2.29. The molecule has 9 heteroatoms. The minimum Gasteiger partial charge on any atom is -0.493 e. The third-order valence-corrected chi connectivity index (χ3v) is 7.53. The van der Waals surface area contributed by atoms with Crippen LogP contribution in [0.5, 0.6) is 11.5 Å². The molecule has 1 saturated heterocycles. The summed E-state index contributed by atoms with van der Waals surface area (Å²) in [5.74, 6) is 0.779. The van der Waals surface area contributed by atoms with Crippen LogP contribution in [-0.2, 0) is 16.6 Å². The van der Waals surface area contributed by atoms with Gasteiger partial charge in [-0.2, -0.15) is 4.31 Å². The van der Waals surface area contributed by atoms with Crippen molar-refractivity contribution in [3.63, 3.8) is 0 Å². The lowest BCUT2D eigenvalue weighted by Crippen LogP contribution is -2.50. The highest BCUT2D eigenvalue weighted by atomic mass is 32.2. The van der Waals surface area contributed by atoms with E-state index in [9.17, 15) is 13.2 Å². The number of ether oxygens (including phenoxy) is 2. The second kappa shape index (κ2) is 8.69. The van der Waals surface area contributed by atoms with E-state index >= 15 is 0 Å². The molecule has 2 heterocycles. The highest BCUT2D eigenvalue weighted by Gasteiger charge is 2.32. The van der Waals surface area contributed by atoms with E-state index in [-0.39, 0.29) is 23.9 Å². The van der Waals surface area contributed by atoms with Crippen LogP contribution in [0.3, 0.4) is 0 Å². The first-order chi connectivity index (χ1) is 14.2. The lowest BCUT2D eigenvalue weighted by Gasteiger charge is -2.34. The van der Waals surface area contributed by atoms with E-state index in [2.05, 4.69) is 4.57 Å². The van der Waals surface area contributed by atoms with Gasteiger partial charge in [0.15, 0.2) is 11.5 Å². The zero-order valence-corrected chi connectivity index (χ0v) is 19.0. The summed E-state index contributed by atoms with van der Waals surface area (Å²) < 4.78 is 40.0. The first kappa shape index (κ1) is 22.2. The van der Waals surface area contributed by atoms with Crippen molar-refractivity contribution in [3.05, 3.63) is 41.2 Å². The molecule has 0 radical (unpaired) electrons. The molecule has 0 atom stereocenters. The maximum atomic E-state index is 13.1. The van der Waals surface area contributed by atoms with E-state index in [1.165, 1.54) is 30.7 Å². The number of rotatable bonds is 6. The molecule has 0 spiro atoms. The molecule has 0 aliphatic carbocycles. The second-order valence-electron chi connectivity index (χ2n) is 7.24. The molecule has 0 N–H and O–H groups in total. The van der Waals surface area contributed by atoms with Crippen molar-refractivity contribution in [3.8, 4) is 11.5 Å². The van der Waals surface area contributed by atoms with E-state index in [0.717, 1.165) is 17.9 Å². The summed E-state index contributed by atoms with van der Waals surface area (Å²) >= 11 is 0. The van der Waals surface area contributed by atoms with E-state index < -0.39 is 10.0 Å². The van der Waals surface area contributed by atoms with Gasteiger partial charge in [-0.1, -0.05) is 0 Å². The molecule has 1 fully saturated rings. The molecule has 2 aromatic rings. The number of aromatic nitrogens is 1. The fourth-order valence-corrected chi connectivity index (χ4v) is 5.37. The minimum atomic E-state index is -3.69. The quantitative estimate of drug-likeness (QED) is 0.695. The second-order valence-corrected chi connectivity index (χ2v) is 9.18. The molecular formula is C21H29N3O5S. The Kier molecular flexibility index (Phi) is 6.42. The largest absolute Gasteiger partial charge is 0.493 e. The fraction of sp³-hybridized carbons (Fsp3) is 0.476. The number of carbonyl (C=O) groups excluding carboxylic acids is 1. The Balaban J connectivity index is 1.74. The van der Waals surface area contributed by atoms with Crippen molar-refractivity contribution < 1.29 is 22.7 Å². The van der Waals surface area contributed by atoms with Gasteiger partial charge in [-0.25, -0.2) is 8.42 Å².